The fraction of sp³-hybridized carbons (Fsp3) is 0. The van der Waals surface area contributed by atoms with Crippen LogP contribution in [0.5, 0.6) is 0 Å². The lowest BCUT2D eigenvalue weighted by molar-refractivity contribution is -0.0000992. The fourth-order valence-corrected chi connectivity index (χ4v) is 2.46. The summed E-state index contributed by atoms with van der Waals surface area (Å²) >= 11 is 0. The van der Waals surface area contributed by atoms with Crippen molar-refractivity contribution < 1.29 is 66.3 Å². The van der Waals surface area contributed by atoms with Crippen molar-refractivity contribution in [3.63, 3.8) is 0 Å². The minimum Gasteiger partial charge on any atom is -1.00 e. The third-order valence-electron chi connectivity index (χ3n) is 3.64. The van der Waals surface area contributed by atoms with Gasteiger partial charge in [-0.05, 0) is 24.3 Å². The summed E-state index contributed by atoms with van der Waals surface area (Å²) in [7, 11) is 0. The lowest BCUT2D eigenvalue weighted by Crippen LogP contribution is -3.00. The molecular weight excluding hydrogens is 428 g/mol. The van der Waals surface area contributed by atoms with Crippen LogP contribution in [0, 0.1) is 0 Å². The van der Waals surface area contributed by atoms with Crippen molar-refractivity contribution in [2.45, 2.75) is 0 Å². The topological polar surface area (TPSA) is 193 Å². The molecule has 4 N–H and O–H groups in total. The van der Waals surface area contributed by atoms with Gasteiger partial charge < -0.3 is 37.6 Å². The molecule has 2 aromatic rings. The maximum atomic E-state index is 12.3. The average molecular weight is 438 g/mol. The van der Waals surface area contributed by atoms with Crippen LogP contribution in [0.4, 0.5) is 0 Å². The lowest BCUT2D eigenvalue weighted by atomic mass is 10.00. The van der Waals surface area contributed by atoms with E-state index in [0.29, 0.717) is 0 Å². The quantitative estimate of drug-likeness (QED) is 0.303. The summed E-state index contributed by atoms with van der Waals surface area (Å²) in [6.07, 6.45) is 0. The summed E-state index contributed by atoms with van der Waals surface area (Å²) in [6, 6.07) is 5.73. The zero-order chi connectivity index (χ0) is 21.9. The van der Waals surface area contributed by atoms with Gasteiger partial charge in [0.2, 0.25) is 0 Å². The molecule has 0 unspecified atom stereocenters. The molecule has 2 rings (SSSR count). The van der Waals surface area contributed by atoms with Crippen LogP contribution < -0.4 is 12.4 Å². The van der Waals surface area contributed by atoms with E-state index in [0.717, 1.165) is 36.4 Å². The third kappa shape index (κ3) is 4.59. The molecule has 0 spiro atoms. The maximum absolute atomic E-state index is 12.3. The lowest BCUT2D eigenvalue weighted by Gasteiger charge is -2.10. The summed E-state index contributed by atoms with van der Waals surface area (Å²) in [5.74, 6) is -9.97. The highest BCUT2D eigenvalue weighted by molar-refractivity contribution is 6.14. The second kappa shape index (κ2) is 9.30. The fourth-order valence-electron chi connectivity index (χ4n) is 2.46. The van der Waals surface area contributed by atoms with Crippen molar-refractivity contribution in [3.8, 4) is 0 Å². The molecule has 156 valence electrons. The minimum atomic E-state index is -1.78. The van der Waals surface area contributed by atoms with Gasteiger partial charge in [-0.3, -0.25) is 0 Å². The minimum absolute atomic E-state index is 0. The normalized spacial score (nSPS) is 9.73. The van der Waals surface area contributed by atoms with Gasteiger partial charge in [0.15, 0.2) is 0 Å². The third-order valence-corrected chi connectivity index (χ3v) is 3.64. The van der Waals surface area contributed by atoms with Crippen LogP contribution in [0.25, 0.3) is 0 Å². The van der Waals surface area contributed by atoms with Crippen LogP contribution in [0.1, 0.15) is 62.1 Å². The van der Waals surface area contributed by atoms with Crippen molar-refractivity contribution in [2.24, 2.45) is 0 Å². The molecule has 0 saturated heterocycles. The second-order valence-electron chi connectivity index (χ2n) is 5.35. The zero-order valence-electron chi connectivity index (χ0n) is 14.5. The van der Waals surface area contributed by atoms with E-state index in [2.05, 4.69) is 4.74 Å². The molecule has 0 saturated carbocycles. The van der Waals surface area contributed by atoms with Crippen molar-refractivity contribution in [2.75, 3.05) is 0 Å². The zero-order valence-corrected chi connectivity index (χ0v) is 15.2. The summed E-state index contributed by atoms with van der Waals surface area (Å²) < 4.78 is 4.48. The van der Waals surface area contributed by atoms with Crippen LogP contribution in [-0.2, 0) is 4.74 Å². The van der Waals surface area contributed by atoms with E-state index in [1.165, 1.54) is 0 Å². The number of benzene rings is 2. The van der Waals surface area contributed by atoms with Gasteiger partial charge in [0.25, 0.3) is 0 Å². The van der Waals surface area contributed by atoms with E-state index >= 15 is 0 Å². The summed E-state index contributed by atoms with van der Waals surface area (Å²) in [4.78, 5) is 69.6. The van der Waals surface area contributed by atoms with E-state index < -0.39 is 69.2 Å². The van der Waals surface area contributed by atoms with Crippen LogP contribution in [-0.4, -0.2) is 56.2 Å². The number of ether oxygens (including phenoxy) is 1. The van der Waals surface area contributed by atoms with Crippen LogP contribution in [0.2, 0.25) is 0 Å². The smallest absolute Gasteiger partial charge is 0.346 e. The molecule has 0 bridgehead atoms. The average Bonchev–Trinajstić information content (AvgIpc) is 2.66. The number of carboxylic acids is 4. The highest BCUT2D eigenvalue weighted by atomic mass is 35.5. The Balaban J connectivity index is 0.00000450. The number of carboxylic acid groups (broad SMARTS) is 4. The number of rotatable bonds is 6. The Labute approximate surface area is 172 Å². The molecule has 12 heteroatoms. The number of aromatic carboxylic acids is 4. The SMILES string of the molecule is O=C(O)c1cccc(C(=O)OC(=O)c2cccc(C(=O)O)c2C(=O)O)c1C(=O)O.[Cl-]. The highest BCUT2D eigenvalue weighted by Gasteiger charge is 2.29. The van der Waals surface area contributed by atoms with Crippen LogP contribution in [0.3, 0.4) is 0 Å². The van der Waals surface area contributed by atoms with Crippen molar-refractivity contribution in [1.82, 2.24) is 0 Å². The Hall–Kier alpha value is -4.25. The molecule has 0 aromatic heterocycles. The van der Waals surface area contributed by atoms with Crippen molar-refractivity contribution in [3.05, 3.63) is 69.8 Å². The summed E-state index contributed by atoms with van der Waals surface area (Å²) in [6.45, 7) is 0. The summed E-state index contributed by atoms with van der Waals surface area (Å²) in [5, 5.41) is 36.5. The first-order valence-corrected chi connectivity index (χ1v) is 7.52. The van der Waals surface area contributed by atoms with Crippen LogP contribution >= 0.6 is 0 Å². The Kier molecular flexibility index (Phi) is 7.37. The van der Waals surface area contributed by atoms with Gasteiger partial charge in [0.05, 0.1) is 33.4 Å². The van der Waals surface area contributed by atoms with Gasteiger partial charge in [0.1, 0.15) is 0 Å². The molecule has 0 heterocycles. The van der Waals surface area contributed by atoms with Gasteiger partial charge in [-0.1, -0.05) is 12.1 Å². The number of carbonyl (C=O) groups is 6. The molecule has 2 aromatic carbocycles. The number of carbonyl (C=O) groups excluding carboxylic acids is 2. The largest absolute Gasteiger partial charge is 1.00 e. The first kappa shape index (κ1) is 23.8. The molecule has 0 aliphatic rings. The van der Waals surface area contributed by atoms with Crippen molar-refractivity contribution in [1.29, 1.82) is 0 Å². The molecular formula is C18H10ClO11-. The van der Waals surface area contributed by atoms with Gasteiger partial charge in [-0.2, -0.15) is 0 Å². The summed E-state index contributed by atoms with van der Waals surface area (Å²) in [5.41, 5.74) is -4.88. The molecule has 11 nitrogen and oxygen atoms in total. The molecule has 0 atom stereocenters. The number of hydrogen-bond acceptors (Lipinski definition) is 7. The van der Waals surface area contributed by atoms with E-state index in [4.69, 9.17) is 10.2 Å². The highest BCUT2D eigenvalue weighted by Crippen LogP contribution is 2.20. The van der Waals surface area contributed by atoms with Gasteiger partial charge >= 0.3 is 35.8 Å². The predicted octanol–water partition coefficient (Wildman–Crippen LogP) is -1.52. The number of halogens is 1. The Morgan fingerprint density at radius 2 is 0.833 bits per heavy atom. The van der Waals surface area contributed by atoms with E-state index in [1.54, 1.807) is 0 Å². The molecule has 30 heavy (non-hydrogen) atoms. The molecule has 0 fully saturated rings. The van der Waals surface area contributed by atoms with Gasteiger partial charge in [0, 0.05) is 0 Å². The van der Waals surface area contributed by atoms with Gasteiger partial charge in [-0.15, -0.1) is 0 Å². The van der Waals surface area contributed by atoms with Crippen LogP contribution in [0.15, 0.2) is 36.4 Å². The molecule has 0 aliphatic carbocycles. The standard InChI is InChI=1S/C18H10O11.ClH/c19-13(20)7-3-1-5-9(11(7)15(23)24)17(27)29-18(28)10-6-2-4-8(14(21)22)12(10)16(25)26;/h1-6H,(H,19,20)(H,21,22)(H,23,24)(H,25,26);1H/p-1. The Bertz CT molecular complexity index is 1000. The number of esters is 2. The Morgan fingerprint density at radius 1 is 0.533 bits per heavy atom. The maximum Gasteiger partial charge on any atom is 0.346 e. The van der Waals surface area contributed by atoms with E-state index in [1.807, 2.05) is 0 Å². The first-order chi connectivity index (χ1) is 13.6. The predicted molar refractivity (Wildman–Crippen MR) is 90.5 cm³/mol. The monoisotopic (exact) mass is 437 g/mol. The molecule has 0 aliphatic heterocycles. The van der Waals surface area contributed by atoms with E-state index in [9.17, 15) is 39.0 Å². The second-order valence-corrected chi connectivity index (χ2v) is 5.35. The first-order valence-electron chi connectivity index (χ1n) is 7.52. The molecule has 0 radical (unpaired) electrons. The van der Waals surface area contributed by atoms with Gasteiger partial charge in [-0.25, -0.2) is 28.8 Å². The Morgan fingerprint density at radius 3 is 1.10 bits per heavy atom. The van der Waals surface area contributed by atoms with E-state index in [-0.39, 0.29) is 12.4 Å². The van der Waals surface area contributed by atoms with Crippen molar-refractivity contribution >= 4 is 35.8 Å². The molecule has 0 amide bonds. The number of hydrogen-bond donors (Lipinski definition) is 4.